The summed E-state index contributed by atoms with van der Waals surface area (Å²) in [6.07, 6.45) is 2.60. The molecule has 0 amide bonds. The highest BCUT2D eigenvalue weighted by Crippen LogP contribution is 2.32. The fourth-order valence-electron chi connectivity index (χ4n) is 1.55. The Hall–Kier alpha value is -2.67. The molecule has 0 unspecified atom stereocenters. The number of methoxy groups -OCH3 is 1. The minimum Gasteiger partial charge on any atom is -0.493 e. The van der Waals surface area contributed by atoms with Crippen LogP contribution in [0.25, 0.3) is 0 Å². The summed E-state index contributed by atoms with van der Waals surface area (Å²) in [6.45, 7) is -0.137. The Balaban J connectivity index is 2.37. The zero-order valence-electron chi connectivity index (χ0n) is 10.6. The number of aliphatic hydroxyl groups is 1. The van der Waals surface area contributed by atoms with Crippen molar-refractivity contribution in [2.45, 2.75) is 6.61 Å². The SMILES string of the molecule is COc1cc(CO)ccc1Oc1nccnc1C(=O)O. The van der Waals surface area contributed by atoms with Crippen LogP contribution in [0.4, 0.5) is 0 Å². The number of carboxylic acid groups (broad SMARTS) is 1. The molecule has 1 aromatic carbocycles. The van der Waals surface area contributed by atoms with Gasteiger partial charge in [-0.2, -0.15) is 0 Å². The number of aromatic nitrogens is 2. The Morgan fingerprint density at radius 2 is 2.00 bits per heavy atom. The first-order valence-corrected chi connectivity index (χ1v) is 5.65. The van der Waals surface area contributed by atoms with E-state index in [1.54, 1.807) is 18.2 Å². The zero-order chi connectivity index (χ0) is 14.5. The monoisotopic (exact) mass is 276 g/mol. The number of aliphatic hydroxyl groups excluding tert-OH is 1. The first-order chi connectivity index (χ1) is 9.65. The average Bonchev–Trinajstić information content (AvgIpc) is 2.48. The first-order valence-electron chi connectivity index (χ1n) is 5.65. The van der Waals surface area contributed by atoms with E-state index < -0.39 is 5.97 Å². The summed E-state index contributed by atoms with van der Waals surface area (Å²) in [6, 6.07) is 4.78. The highest BCUT2D eigenvalue weighted by molar-refractivity contribution is 5.87. The fourth-order valence-corrected chi connectivity index (χ4v) is 1.55. The Kier molecular flexibility index (Phi) is 4.11. The smallest absolute Gasteiger partial charge is 0.360 e. The average molecular weight is 276 g/mol. The lowest BCUT2D eigenvalue weighted by Gasteiger charge is -2.11. The van der Waals surface area contributed by atoms with Crippen LogP contribution in [0.15, 0.2) is 30.6 Å². The van der Waals surface area contributed by atoms with E-state index in [0.29, 0.717) is 11.3 Å². The van der Waals surface area contributed by atoms with E-state index in [0.717, 1.165) is 0 Å². The van der Waals surface area contributed by atoms with Gasteiger partial charge < -0.3 is 19.7 Å². The Morgan fingerprint density at radius 1 is 1.25 bits per heavy atom. The van der Waals surface area contributed by atoms with Crippen LogP contribution in [0.5, 0.6) is 17.4 Å². The number of carboxylic acids is 1. The molecule has 7 nitrogen and oxygen atoms in total. The van der Waals surface area contributed by atoms with Crippen molar-refractivity contribution in [1.82, 2.24) is 9.97 Å². The number of carbonyl (C=O) groups is 1. The van der Waals surface area contributed by atoms with E-state index in [1.807, 2.05) is 0 Å². The number of nitrogens with zero attached hydrogens (tertiary/aromatic N) is 2. The van der Waals surface area contributed by atoms with Gasteiger partial charge in [-0.15, -0.1) is 0 Å². The molecule has 0 spiro atoms. The van der Waals surface area contributed by atoms with Gasteiger partial charge in [-0.05, 0) is 17.7 Å². The van der Waals surface area contributed by atoms with Crippen LogP contribution in [0.3, 0.4) is 0 Å². The Bertz CT molecular complexity index is 630. The van der Waals surface area contributed by atoms with Crippen molar-refractivity contribution in [3.05, 3.63) is 41.9 Å². The number of rotatable bonds is 5. The summed E-state index contributed by atoms with van der Waals surface area (Å²) in [7, 11) is 1.44. The molecular weight excluding hydrogens is 264 g/mol. The van der Waals surface area contributed by atoms with Crippen LogP contribution >= 0.6 is 0 Å². The van der Waals surface area contributed by atoms with Crippen molar-refractivity contribution >= 4 is 5.97 Å². The zero-order valence-corrected chi connectivity index (χ0v) is 10.6. The van der Waals surface area contributed by atoms with Crippen molar-refractivity contribution in [2.75, 3.05) is 7.11 Å². The fraction of sp³-hybridized carbons (Fsp3) is 0.154. The molecule has 0 bridgehead atoms. The molecule has 1 aromatic heterocycles. The maximum atomic E-state index is 11.0. The summed E-state index contributed by atoms with van der Waals surface area (Å²) in [5.74, 6) is -0.722. The lowest BCUT2D eigenvalue weighted by molar-refractivity contribution is 0.0686. The third-order valence-electron chi connectivity index (χ3n) is 2.48. The molecule has 1 heterocycles. The number of ether oxygens (including phenoxy) is 2. The number of hydrogen-bond donors (Lipinski definition) is 2. The highest BCUT2D eigenvalue weighted by atomic mass is 16.5. The largest absolute Gasteiger partial charge is 0.493 e. The van der Waals surface area contributed by atoms with Crippen molar-refractivity contribution in [3.8, 4) is 17.4 Å². The summed E-state index contributed by atoms with van der Waals surface area (Å²) in [5, 5.41) is 18.1. The predicted octanol–water partition coefficient (Wildman–Crippen LogP) is 1.47. The van der Waals surface area contributed by atoms with Gasteiger partial charge in [0.2, 0.25) is 5.69 Å². The van der Waals surface area contributed by atoms with Crippen molar-refractivity contribution in [2.24, 2.45) is 0 Å². The second-order valence-corrected chi connectivity index (χ2v) is 3.76. The van der Waals surface area contributed by atoms with Gasteiger partial charge in [-0.25, -0.2) is 14.8 Å². The van der Waals surface area contributed by atoms with Crippen LogP contribution in [0, 0.1) is 0 Å². The van der Waals surface area contributed by atoms with Crippen molar-refractivity contribution in [3.63, 3.8) is 0 Å². The molecule has 2 rings (SSSR count). The first kappa shape index (κ1) is 13.8. The molecule has 2 aromatic rings. The second kappa shape index (κ2) is 5.98. The van der Waals surface area contributed by atoms with Crippen molar-refractivity contribution < 1.29 is 24.5 Å². The van der Waals surface area contributed by atoms with Gasteiger partial charge >= 0.3 is 5.97 Å². The van der Waals surface area contributed by atoms with Gasteiger partial charge in [0.1, 0.15) is 0 Å². The summed E-state index contributed by atoms with van der Waals surface area (Å²) in [4.78, 5) is 18.6. The van der Waals surface area contributed by atoms with Crippen LogP contribution in [-0.4, -0.2) is 33.3 Å². The third kappa shape index (κ3) is 2.83. The number of benzene rings is 1. The molecule has 0 atom stereocenters. The standard InChI is InChI=1S/C13H12N2O5/c1-19-10-6-8(7-16)2-3-9(10)20-12-11(13(17)18)14-4-5-15-12/h2-6,16H,7H2,1H3,(H,17,18). The molecule has 0 saturated heterocycles. The molecule has 2 N–H and O–H groups in total. The van der Waals surface area contributed by atoms with E-state index >= 15 is 0 Å². The van der Waals surface area contributed by atoms with Crippen LogP contribution in [0.1, 0.15) is 16.1 Å². The van der Waals surface area contributed by atoms with E-state index in [9.17, 15) is 4.79 Å². The lowest BCUT2D eigenvalue weighted by atomic mass is 10.2. The van der Waals surface area contributed by atoms with Gasteiger partial charge in [-0.3, -0.25) is 0 Å². The van der Waals surface area contributed by atoms with Gasteiger partial charge in [0, 0.05) is 12.4 Å². The molecule has 20 heavy (non-hydrogen) atoms. The maximum absolute atomic E-state index is 11.0. The van der Waals surface area contributed by atoms with E-state index in [1.165, 1.54) is 19.5 Å². The minimum atomic E-state index is -1.24. The van der Waals surface area contributed by atoms with Gasteiger partial charge in [0.25, 0.3) is 5.88 Å². The number of aromatic carboxylic acids is 1. The molecule has 0 saturated carbocycles. The van der Waals surface area contributed by atoms with Crippen molar-refractivity contribution in [1.29, 1.82) is 0 Å². The molecule has 0 fully saturated rings. The Morgan fingerprint density at radius 3 is 2.65 bits per heavy atom. The molecule has 0 aliphatic heterocycles. The van der Waals surface area contributed by atoms with Crippen LogP contribution in [-0.2, 0) is 6.61 Å². The van der Waals surface area contributed by atoms with E-state index in [2.05, 4.69) is 9.97 Å². The second-order valence-electron chi connectivity index (χ2n) is 3.76. The van der Waals surface area contributed by atoms with Crippen LogP contribution < -0.4 is 9.47 Å². The Labute approximate surface area is 114 Å². The van der Waals surface area contributed by atoms with E-state index in [-0.39, 0.29) is 23.9 Å². The van der Waals surface area contributed by atoms with Gasteiger partial charge in [-0.1, -0.05) is 6.07 Å². The quantitative estimate of drug-likeness (QED) is 0.852. The molecule has 7 heteroatoms. The summed E-state index contributed by atoms with van der Waals surface area (Å²) < 4.78 is 10.6. The molecule has 0 aliphatic carbocycles. The summed E-state index contributed by atoms with van der Waals surface area (Å²) >= 11 is 0. The molecule has 0 aliphatic rings. The van der Waals surface area contributed by atoms with E-state index in [4.69, 9.17) is 19.7 Å². The van der Waals surface area contributed by atoms with Crippen LogP contribution in [0.2, 0.25) is 0 Å². The maximum Gasteiger partial charge on any atom is 0.360 e. The number of hydrogen-bond acceptors (Lipinski definition) is 6. The predicted molar refractivity (Wildman–Crippen MR) is 68.0 cm³/mol. The van der Waals surface area contributed by atoms with Gasteiger partial charge in [0.05, 0.1) is 13.7 Å². The lowest BCUT2D eigenvalue weighted by Crippen LogP contribution is -2.05. The van der Waals surface area contributed by atoms with Gasteiger partial charge in [0.15, 0.2) is 11.5 Å². The normalized spacial score (nSPS) is 10.1. The highest BCUT2D eigenvalue weighted by Gasteiger charge is 2.16. The molecule has 104 valence electrons. The molecular formula is C13H12N2O5. The topological polar surface area (TPSA) is 102 Å². The minimum absolute atomic E-state index is 0.130. The molecule has 0 radical (unpaired) electrons. The summed E-state index contributed by atoms with van der Waals surface area (Å²) in [5.41, 5.74) is 0.354. The third-order valence-corrected chi connectivity index (χ3v) is 2.48.